The van der Waals surface area contributed by atoms with Gasteiger partial charge in [-0.25, -0.2) is 9.18 Å². The zero-order valence-electron chi connectivity index (χ0n) is 7.51. The largest absolute Gasteiger partial charge is 0.510 e. The second kappa shape index (κ2) is 4.64. The molecule has 0 radical (unpaired) electrons. The molecule has 0 aromatic heterocycles. The van der Waals surface area contributed by atoms with E-state index in [4.69, 9.17) is 0 Å². The molecule has 0 bridgehead atoms. The molecule has 0 aromatic carbocycles. The molecule has 1 fully saturated rings. The van der Waals surface area contributed by atoms with Crippen molar-refractivity contribution in [2.75, 3.05) is 13.2 Å². The SMILES string of the molecule is O=C1OCC(OCC(F)=C(F)C(F)(F)F)O1. The van der Waals surface area contributed by atoms with Gasteiger partial charge in [0.05, 0.1) is 0 Å². The van der Waals surface area contributed by atoms with Crippen LogP contribution in [0.25, 0.3) is 0 Å². The van der Waals surface area contributed by atoms with Gasteiger partial charge in [0.25, 0.3) is 0 Å². The first kappa shape index (κ1) is 12.7. The number of carbonyl (C=O) groups excluding carboxylic acids is 1. The Labute approximate surface area is 85.6 Å². The molecule has 1 rings (SSSR count). The number of cyclic esters (lactones) is 2. The number of ether oxygens (including phenoxy) is 3. The predicted octanol–water partition coefficient (Wildman–Crippen LogP) is 2.21. The Hall–Kier alpha value is -1.38. The summed E-state index contributed by atoms with van der Waals surface area (Å²) in [5, 5.41) is 0. The fraction of sp³-hybridized carbons (Fsp3) is 0.571. The summed E-state index contributed by atoms with van der Waals surface area (Å²) in [6, 6.07) is 0. The van der Waals surface area contributed by atoms with Crippen molar-refractivity contribution in [2.45, 2.75) is 12.5 Å². The monoisotopic (exact) mass is 248 g/mol. The van der Waals surface area contributed by atoms with Crippen LogP contribution in [0.2, 0.25) is 0 Å². The van der Waals surface area contributed by atoms with E-state index in [1.807, 2.05) is 0 Å². The van der Waals surface area contributed by atoms with Gasteiger partial charge in [-0.15, -0.1) is 0 Å². The third-order valence-corrected chi connectivity index (χ3v) is 1.45. The minimum Gasteiger partial charge on any atom is -0.428 e. The van der Waals surface area contributed by atoms with Crippen LogP contribution in [0.1, 0.15) is 0 Å². The maximum atomic E-state index is 12.5. The van der Waals surface area contributed by atoms with E-state index in [0.29, 0.717) is 0 Å². The van der Waals surface area contributed by atoms with E-state index in [1.165, 1.54) is 0 Å². The third-order valence-electron chi connectivity index (χ3n) is 1.45. The molecular formula is C7H5F5O4. The average Bonchev–Trinajstić information content (AvgIpc) is 2.58. The van der Waals surface area contributed by atoms with Gasteiger partial charge in [0.1, 0.15) is 6.61 Å². The molecule has 92 valence electrons. The minimum atomic E-state index is -5.41. The molecule has 0 aromatic rings. The van der Waals surface area contributed by atoms with Crippen molar-refractivity contribution in [3.8, 4) is 0 Å². The summed E-state index contributed by atoms with van der Waals surface area (Å²) in [5.74, 6) is -5.01. The van der Waals surface area contributed by atoms with Gasteiger partial charge in [0.15, 0.2) is 12.4 Å². The highest BCUT2D eigenvalue weighted by Gasteiger charge is 2.38. The third kappa shape index (κ3) is 3.33. The Bertz CT molecular complexity index is 310. The van der Waals surface area contributed by atoms with Crippen LogP contribution < -0.4 is 0 Å². The lowest BCUT2D eigenvalue weighted by atomic mass is 10.4. The summed E-state index contributed by atoms with van der Waals surface area (Å²) < 4.78 is 72.3. The standard InChI is InChI=1S/C7H5F5O4/c8-3(5(9)7(10,11)12)1-14-4-2-15-6(13)16-4/h4H,1-2H2. The molecule has 1 saturated heterocycles. The van der Waals surface area contributed by atoms with Crippen molar-refractivity contribution in [2.24, 2.45) is 0 Å². The molecule has 9 heteroatoms. The number of carbonyl (C=O) groups is 1. The molecule has 0 saturated carbocycles. The molecule has 0 amide bonds. The topological polar surface area (TPSA) is 44.8 Å². The quantitative estimate of drug-likeness (QED) is 0.567. The van der Waals surface area contributed by atoms with Gasteiger partial charge < -0.3 is 14.2 Å². The fourth-order valence-electron chi connectivity index (χ4n) is 0.777. The van der Waals surface area contributed by atoms with Crippen molar-refractivity contribution >= 4 is 6.16 Å². The lowest BCUT2D eigenvalue weighted by molar-refractivity contribution is -0.115. The van der Waals surface area contributed by atoms with Crippen LogP contribution in [-0.2, 0) is 14.2 Å². The summed E-state index contributed by atoms with van der Waals surface area (Å²) in [6.45, 7) is -1.69. The van der Waals surface area contributed by atoms with E-state index in [1.54, 1.807) is 0 Å². The summed E-state index contributed by atoms with van der Waals surface area (Å²) >= 11 is 0. The van der Waals surface area contributed by atoms with Crippen LogP contribution in [0, 0.1) is 0 Å². The molecule has 0 N–H and O–H groups in total. The smallest absolute Gasteiger partial charge is 0.428 e. The van der Waals surface area contributed by atoms with Crippen molar-refractivity contribution in [1.82, 2.24) is 0 Å². The Morgan fingerprint density at radius 3 is 2.50 bits per heavy atom. The lowest BCUT2D eigenvalue weighted by Crippen LogP contribution is -2.18. The number of halogens is 5. The van der Waals surface area contributed by atoms with E-state index in [0.717, 1.165) is 0 Å². The number of hydrogen-bond donors (Lipinski definition) is 0. The first-order valence-electron chi connectivity index (χ1n) is 3.87. The number of alkyl halides is 3. The van der Waals surface area contributed by atoms with Crippen molar-refractivity contribution in [3.63, 3.8) is 0 Å². The van der Waals surface area contributed by atoms with Crippen LogP contribution >= 0.6 is 0 Å². The maximum absolute atomic E-state index is 12.5. The van der Waals surface area contributed by atoms with E-state index in [2.05, 4.69) is 14.2 Å². The number of hydrogen-bond acceptors (Lipinski definition) is 4. The average molecular weight is 248 g/mol. The number of rotatable bonds is 3. The van der Waals surface area contributed by atoms with Gasteiger partial charge >= 0.3 is 12.3 Å². The Balaban J connectivity index is 2.46. The molecule has 1 aliphatic rings. The van der Waals surface area contributed by atoms with E-state index < -0.39 is 36.9 Å². The maximum Gasteiger partial charge on any atom is 0.510 e. The van der Waals surface area contributed by atoms with Crippen LogP contribution in [0.5, 0.6) is 0 Å². The molecule has 0 aliphatic carbocycles. The molecule has 0 spiro atoms. The Morgan fingerprint density at radius 2 is 2.06 bits per heavy atom. The fourth-order valence-corrected chi connectivity index (χ4v) is 0.777. The highest BCUT2D eigenvalue weighted by molar-refractivity contribution is 5.61. The molecule has 1 atom stereocenters. The zero-order valence-corrected chi connectivity index (χ0v) is 7.51. The normalized spacial score (nSPS) is 22.6. The summed E-state index contributed by atoms with van der Waals surface area (Å²) in [6.07, 6.45) is -7.83. The molecule has 1 heterocycles. The first-order valence-corrected chi connectivity index (χ1v) is 3.87. The van der Waals surface area contributed by atoms with Gasteiger partial charge in [-0.05, 0) is 0 Å². The summed E-state index contributed by atoms with van der Waals surface area (Å²) in [4.78, 5) is 10.3. The summed E-state index contributed by atoms with van der Waals surface area (Å²) in [7, 11) is 0. The highest BCUT2D eigenvalue weighted by atomic mass is 19.4. The molecule has 4 nitrogen and oxygen atoms in total. The Kier molecular flexibility index (Phi) is 3.68. The zero-order chi connectivity index (χ0) is 12.3. The van der Waals surface area contributed by atoms with Crippen molar-refractivity contribution in [1.29, 1.82) is 0 Å². The first-order chi connectivity index (χ1) is 7.30. The van der Waals surface area contributed by atoms with Crippen molar-refractivity contribution < 1.29 is 41.0 Å². The molecular weight excluding hydrogens is 243 g/mol. The summed E-state index contributed by atoms with van der Waals surface area (Å²) in [5.41, 5.74) is 0. The molecule has 1 aliphatic heterocycles. The van der Waals surface area contributed by atoms with Gasteiger partial charge in [0, 0.05) is 0 Å². The molecule has 1 unspecified atom stereocenters. The minimum absolute atomic E-state index is 0.389. The second-order valence-electron chi connectivity index (χ2n) is 2.64. The van der Waals surface area contributed by atoms with Crippen LogP contribution in [-0.4, -0.2) is 31.8 Å². The number of allylic oxidation sites excluding steroid dienone is 1. The van der Waals surface area contributed by atoms with Gasteiger partial charge in [-0.3, -0.25) is 0 Å². The lowest BCUT2D eigenvalue weighted by Gasteiger charge is -2.08. The van der Waals surface area contributed by atoms with Gasteiger partial charge in [-0.2, -0.15) is 17.6 Å². The molecule has 16 heavy (non-hydrogen) atoms. The van der Waals surface area contributed by atoms with Crippen LogP contribution in [0.4, 0.5) is 26.7 Å². The van der Waals surface area contributed by atoms with E-state index in [-0.39, 0.29) is 6.61 Å². The van der Waals surface area contributed by atoms with E-state index >= 15 is 0 Å². The van der Waals surface area contributed by atoms with Crippen LogP contribution in [0.3, 0.4) is 0 Å². The van der Waals surface area contributed by atoms with E-state index in [9.17, 15) is 26.7 Å². The predicted molar refractivity (Wildman–Crippen MR) is 37.5 cm³/mol. The van der Waals surface area contributed by atoms with Crippen molar-refractivity contribution in [3.05, 3.63) is 11.7 Å². The van der Waals surface area contributed by atoms with Gasteiger partial charge in [-0.1, -0.05) is 0 Å². The Morgan fingerprint density at radius 1 is 1.44 bits per heavy atom. The van der Waals surface area contributed by atoms with Gasteiger partial charge in [0.2, 0.25) is 12.1 Å². The highest BCUT2D eigenvalue weighted by Crippen LogP contribution is 2.30. The second-order valence-corrected chi connectivity index (χ2v) is 2.64. The van der Waals surface area contributed by atoms with Crippen LogP contribution in [0.15, 0.2) is 11.7 Å².